The Kier molecular flexibility index (Phi) is 4.12. The van der Waals surface area contributed by atoms with Crippen LogP contribution in [-0.4, -0.2) is 15.7 Å². The number of aromatic nitrogens is 1. The molecule has 0 bridgehead atoms. The fraction of sp³-hybridized carbons (Fsp3) is 0.100. The Bertz CT molecular complexity index is 1080. The van der Waals surface area contributed by atoms with Crippen molar-refractivity contribution < 1.29 is 14.0 Å². The maximum Gasteiger partial charge on any atom is 0.290 e. The maximum atomic E-state index is 14.1. The van der Waals surface area contributed by atoms with Crippen LogP contribution in [0.2, 0.25) is 0 Å². The lowest BCUT2D eigenvalue weighted by Crippen LogP contribution is -2.17. The zero-order valence-corrected chi connectivity index (χ0v) is 14.8. The number of nitrogens with one attached hydrogen (secondary N) is 1. The fourth-order valence-corrected chi connectivity index (χ4v) is 3.86. The molecule has 4 rings (SSSR count). The Morgan fingerprint density at radius 2 is 1.85 bits per heavy atom. The van der Waals surface area contributed by atoms with Crippen LogP contribution in [0.4, 0.5) is 9.18 Å². The number of halogens is 1. The summed E-state index contributed by atoms with van der Waals surface area (Å²) < 4.78 is 16.1. The van der Waals surface area contributed by atoms with E-state index in [-0.39, 0.29) is 17.0 Å². The van der Waals surface area contributed by atoms with Crippen molar-refractivity contribution in [1.82, 2.24) is 9.88 Å². The molecule has 1 fully saturated rings. The molecule has 0 radical (unpaired) electrons. The Hall–Kier alpha value is -2.86. The molecule has 0 atom stereocenters. The van der Waals surface area contributed by atoms with Gasteiger partial charge < -0.3 is 4.57 Å². The van der Waals surface area contributed by atoms with Crippen molar-refractivity contribution in [1.29, 1.82) is 0 Å². The van der Waals surface area contributed by atoms with Gasteiger partial charge in [0, 0.05) is 27.7 Å². The van der Waals surface area contributed by atoms with E-state index in [4.69, 9.17) is 0 Å². The second-order valence-electron chi connectivity index (χ2n) is 6.05. The molecule has 1 aliphatic rings. The molecule has 2 aromatic carbocycles. The van der Waals surface area contributed by atoms with Gasteiger partial charge in [-0.2, -0.15) is 0 Å². The normalized spacial score (nSPS) is 15.8. The van der Waals surface area contributed by atoms with Gasteiger partial charge in [-0.15, -0.1) is 0 Å². The van der Waals surface area contributed by atoms with Gasteiger partial charge in [0.1, 0.15) is 5.82 Å². The van der Waals surface area contributed by atoms with Crippen LogP contribution in [0, 0.1) is 12.7 Å². The molecule has 0 aliphatic carbocycles. The second kappa shape index (κ2) is 6.46. The largest absolute Gasteiger partial charge is 0.340 e. The van der Waals surface area contributed by atoms with Gasteiger partial charge >= 0.3 is 0 Å². The van der Waals surface area contributed by atoms with Crippen LogP contribution in [0.25, 0.3) is 17.0 Å². The number of hydrogen-bond acceptors (Lipinski definition) is 3. The summed E-state index contributed by atoms with van der Waals surface area (Å²) >= 11 is 0.894. The number of carbonyl (C=O) groups is 2. The minimum Gasteiger partial charge on any atom is -0.340 e. The maximum absolute atomic E-state index is 14.1. The van der Waals surface area contributed by atoms with Crippen LogP contribution in [0.1, 0.15) is 16.8 Å². The van der Waals surface area contributed by atoms with Crippen molar-refractivity contribution in [2.24, 2.45) is 0 Å². The molecule has 1 N–H and O–H groups in total. The second-order valence-corrected chi connectivity index (χ2v) is 7.06. The van der Waals surface area contributed by atoms with E-state index >= 15 is 0 Å². The van der Waals surface area contributed by atoms with Gasteiger partial charge in [-0.3, -0.25) is 14.9 Å². The minimum absolute atomic E-state index is 0.249. The highest BCUT2D eigenvalue weighted by Gasteiger charge is 2.26. The van der Waals surface area contributed by atoms with Gasteiger partial charge in [-0.25, -0.2) is 4.39 Å². The molecule has 1 saturated heterocycles. The Labute approximate surface area is 153 Å². The topological polar surface area (TPSA) is 51.1 Å². The number of amides is 2. The molecular weight excluding hydrogens is 351 g/mol. The monoisotopic (exact) mass is 366 g/mol. The fourth-order valence-electron chi connectivity index (χ4n) is 3.19. The average molecular weight is 366 g/mol. The number of imide groups is 1. The molecule has 1 aliphatic heterocycles. The number of benzene rings is 2. The van der Waals surface area contributed by atoms with Crippen molar-refractivity contribution in [3.05, 3.63) is 76.1 Å². The molecule has 1 aromatic heterocycles. The lowest BCUT2D eigenvalue weighted by atomic mass is 10.1. The van der Waals surface area contributed by atoms with Crippen molar-refractivity contribution >= 4 is 39.9 Å². The van der Waals surface area contributed by atoms with E-state index in [2.05, 4.69) is 5.32 Å². The van der Waals surface area contributed by atoms with Crippen LogP contribution in [0.3, 0.4) is 0 Å². The summed E-state index contributed by atoms with van der Waals surface area (Å²) in [5.74, 6) is -0.633. The van der Waals surface area contributed by atoms with E-state index in [0.29, 0.717) is 17.0 Å². The van der Waals surface area contributed by atoms with E-state index in [1.165, 1.54) is 6.07 Å². The first kappa shape index (κ1) is 16.6. The van der Waals surface area contributed by atoms with Crippen LogP contribution in [-0.2, 0) is 11.3 Å². The summed E-state index contributed by atoms with van der Waals surface area (Å²) in [6.07, 6.45) is 1.74. The molecule has 2 heterocycles. The highest BCUT2D eigenvalue weighted by molar-refractivity contribution is 8.18. The van der Waals surface area contributed by atoms with E-state index in [9.17, 15) is 14.0 Å². The summed E-state index contributed by atoms with van der Waals surface area (Å²) in [5.41, 5.74) is 3.33. The van der Waals surface area contributed by atoms with E-state index in [0.717, 1.165) is 33.9 Å². The molecule has 3 aromatic rings. The van der Waals surface area contributed by atoms with E-state index in [1.54, 1.807) is 18.2 Å². The summed E-state index contributed by atoms with van der Waals surface area (Å²) in [6.45, 7) is 2.33. The van der Waals surface area contributed by atoms with Crippen LogP contribution in [0.15, 0.2) is 53.4 Å². The van der Waals surface area contributed by atoms with Gasteiger partial charge in [-0.1, -0.05) is 36.4 Å². The van der Waals surface area contributed by atoms with Crippen LogP contribution < -0.4 is 5.32 Å². The molecule has 130 valence electrons. The zero-order valence-electron chi connectivity index (χ0n) is 14.0. The standard InChI is InChI=1S/C20H15FN2O2S/c1-12-15(10-18-19(24)22-20(25)26-18)14-7-3-5-9-17(14)23(12)11-13-6-2-4-8-16(13)21/h2-10H,11H2,1H3,(H,22,24,25)/b18-10-. The van der Waals surface area contributed by atoms with Gasteiger partial charge in [0.15, 0.2) is 0 Å². The predicted molar refractivity (Wildman–Crippen MR) is 101 cm³/mol. The Balaban J connectivity index is 1.87. The number of thioether (sulfide) groups is 1. The first-order valence-electron chi connectivity index (χ1n) is 8.10. The smallest absolute Gasteiger partial charge is 0.290 e. The molecule has 0 saturated carbocycles. The predicted octanol–water partition coefficient (Wildman–Crippen LogP) is 4.46. The molecule has 6 heteroatoms. The average Bonchev–Trinajstić information content (AvgIpc) is 3.08. The Morgan fingerprint density at radius 1 is 1.12 bits per heavy atom. The third kappa shape index (κ3) is 2.82. The zero-order chi connectivity index (χ0) is 18.3. The number of fused-ring (bicyclic) bond motifs is 1. The minimum atomic E-state index is -0.384. The number of para-hydroxylation sites is 1. The third-order valence-corrected chi connectivity index (χ3v) is 5.29. The SMILES string of the molecule is Cc1c(/C=C2\SC(=O)NC2=O)c2ccccc2n1Cc1ccccc1F. The van der Waals surface area contributed by atoms with Crippen molar-refractivity contribution in [2.75, 3.05) is 0 Å². The van der Waals surface area contributed by atoms with Crippen LogP contribution >= 0.6 is 11.8 Å². The van der Waals surface area contributed by atoms with Gasteiger partial charge in [0.2, 0.25) is 0 Å². The lowest BCUT2D eigenvalue weighted by Gasteiger charge is -2.09. The number of nitrogens with zero attached hydrogens (tertiary/aromatic N) is 1. The van der Waals surface area contributed by atoms with Crippen molar-refractivity contribution in [2.45, 2.75) is 13.5 Å². The molecule has 4 nitrogen and oxygen atoms in total. The molecule has 0 spiro atoms. The van der Waals surface area contributed by atoms with Gasteiger partial charge in [-0.05, 0) is 36.9 Å². The van der Waals surface area contributed by atoms with Crippen molar-refractivity contribution in [3.8, 4) is 0 Å². The van der Waals surface area contributed by atoms with Gasteiger partial charge in [0.05, 0.1) is 11.4 Å². The highest BCUT2D eigenvalue weighted by atomic mass is 32.2. The summed E-state index contributed by atoms with van der Waals surface area (Å²) in [5, 5.41) is 2.86. The molecule has 0 unspecified atom stereocenters. The molecular formula is C20H15FN2O2S. The van der Waals surface area contributed by atoms with Crippen molar-refractivity contribution in [3.63, 3.8) is 0 Å². The molecule has 2 amide bonds. The third-order valence-electron chi connectivity index (χ3n) is 4.48. The van der Waals surface area contributed by atoms with Crippen LogP contribution in [0.5, 0.6) is 0 Å². The summed E-state index contributed by atoms with van der Waals surface area (Å²) in [4.78, 5) is 23.7. The number of hydrogen-bond donors (Lipinski definition) is 1. The van der Waals surface area contributed by atoms with Gasteiger partial charge in [0.25, 0.3) is 11.1 Å². The van der Waals surface area contributed by atoms with E-state index in [1.807, 2.05) is 41.8 Å². The number of carbonyl (C=O) groups excluding carboxylic acids is 2. The Morgan fingerprint density at radius 3 is 2.58 bits per heavy atom. The first-order valence-corrected chi connectivity index (χ1v) is 8.92. The highest BCUT2D eigenvalue weighted by Crippen LogP contribution is 2.32. The number of rotatable bonds is 3. The first-order chi connectivity index (χ1) is 12.5. The summed E-state index contributed by atoms with van der Waals surface area (Å²) in [7, 11) is 0. The quantitative estimate of drug-likeness (QED) is 0.696. The summed E-state index contributed by atoms with van der Waals surface area (Å²) in [6, 6.07) is 14.5. The lowest BCUT2D eigenvalue weighted by molar-refractivity contribution is -0.115. The molecule has 26 heavy (non-hydrogen) atoms. The van der Waals surface area contributed by atoms with E-state index < -0.39 is 0 Å².